The third-order valence-corrected chi connectivity index (χ3v) is 6.28. The number of halogens is 1. The van der Waals surface area contributed by atoms with Crippen molar-refractivity contribution in [2.24, 2.45) is 0 Å². The van der Waals surface area contributed by atoms with Gasteiger partial charge in [-0.25, -0.2) is 4.79 Å². The Morgan fingerprint density at radius 1 is 0.970 bits per heavy atom. The van der Waals surface area contributed by atoms with Crippen LogP contribution in [0.25, 0.3) is 0 Å². The minimum atomic E-state index is -0.185. The molecule has 0 bridgehead atoms. The van der Waals surface area contributed by atoms with Crippen LogP contribution < -0.4 is 15.0 Å². The van der Waals surface area contributed by atoms with Gasteiger partial charge in [-0.2, -0.15) is 0 Å². The van der Waals surface area contributed by atoms with Crippen molar-refractivity contribution >= 4 is 29.0 Å². The fourth-order valence-electron chi connectivity index (χ4n) is 3.87. The van der Waals surface area contributed by atoms with Crippen molar-refractivity contribution in [3.63, 3.8) is 0 Å². The summed E-state index contributed by atoms with van der Waals surface area (Å²) in [6, 6.07) is 19.7. The van der Waals surface area contributed by atoms with Crippen LogP contribution in [-0.4, -0.2) is 13.1 Å². The number of aryl methyl sites for hydroxylation is 1. The van der Waals surface area contributed by atoms with Crippen LogP contribution in [0.4, 0.5) is 16.2 Å². The zero-order valence-electron chi connectivity index (χ0n) is 20.1. The van der Waals surface area contributed by atoms with Gasteiger partial charge in [0.05, 0.1) is 19.3 Å². The van der Waals surface area contributed by atoms with Crippen molar-refractivity contribution in [3.8, 4) is 5.75 Å². The molecule has 3 rings (SSSR count). The number of amides is 2. The van der Waals surface area contributed by atoms with E-state index in [2.05, 4.69) is 45.1 Å². The van der Waals surface area contributed by atoms with Gasteiger partial charge in [-0.05, 0) is 71.3 Å². The van der Waals surface area contributed by atoms with E-state index in [4.69, 9.17) is 16.3 Å². The molecule has 1 N–H and O–H groups in total. The Morgan fingerprint density at radius 3 is 2.18 bits per heavy atom. The van der Waals surface area contributed by atoms with Crippen molar-refractivity contribution in [3.05, 3.63) is 87.9 Å². The van der Waals surface area contributed by atoms with E-state index in [0.29, 0.717) is 17.5 Å². The van der Waals surface area contributed by atoms with E-state index in [-0.39, 0.29) is 6.03 Å². The molecule has 0 spiro atoms. The standard InChI is InChI=1S/C28H33ClN2O2/c1-6-21-12-17-26(29)25(7-2)27(21)30-28(32)31(18-20-8-15-24(33-5)16-9-20)23-13-10-22(11-14-23)19(3)4/h8-17,19H,6-7,18H2,1-5H3,(H,30,32). The van der Waals surface area contributed by atoms with E-state index in [1.807, 2.05) is 48.5 Å². The first kappa shape index (κ1) is 24.7. The zero-order valence-corrected chi connectivity index (χ0v) is 20.9. The zero-order chi connectivity index (χ0) is 24.0. The van der Waals surface area contributed by atoms with Crippen LogP contribution in [0.5, 0.6) is 5.75 Å². The van der Waals surface area contributed by atoms with Gasteiger partial charge in [0.2, 0.25) is 0 Å². The lowest BCUT2D eigenvalue weighted by Crippen LogP contribution is -2.35. The number of methoxy groups -OCH3 is 1. The Hall–Kier alpha value is -2.98. The molecule has 0 saturated heterocycles. The van der Waals surface area contributed by atoms with Crippen LogP contribution in [0.2, 0.25) is 5.02 Å². The molecule has 2 amide bonds. The van der Waals surface area contributed by atoms with E-state index in [1.165, 1.54) is 5.56 Å². The average Bonchev–Trinajstić information content (AvgIpc) is 2.83. The minimum absolute atomic E-state index is 0.185. The summed E-state index contributed by atoms with van der Waals surface area (Å²) in [7, 11) is 1.65. The van der Waals surface area contributed by atoms with Crippen molar-refractivity contribution in [2.45, 2.75) is 53.0 Å². The van der Waals surface area contributed by atoms with Gasteiger partial charge in [0.25, 0.3) is 0 Å². The van der Waals surface area contributed by atoms with Gasteiger partial charge in [-0.1, -0.05) is 69.6 Å². The second-order valence-corrected chi connectivity index (χ2v) is 8.78. The quantitative estimate of drug-likeness (QED) is 0.369. The third kappa shape index (κ3) is 5.88. The average molecular weight is 465 g/mol. The highest BCUT2D eigenvalue weighted by atomic mass is 35.5. The Morgan fingerprint density at radius 2 is 1.64 bits per heavy atom. The van der Waals surface area contributed by atoms with Gasteiger partial charge >= 0.3 is 6.03 Å². The van der Waals surface area contributed by atoms with Crippen molar-refractivity contribution in [1.29, 1.82) is 0 Å². The first-order chi connectivity index (χ1) is 15.9. The monoisotopic (exact) mass is 464 g/mol. The number of ether oxygens (including phenoxy) is 1. The molecule has 0 fully saturated rings. The molecule has 0 aliphatic carbocycles. The van der Waals surface area contributed by atoms with Gasteiger partial charge in [0, 0.05) is 10.7 Å². The molecule has 4 nitrogen and oxygen atoms in total. The first-order valence-electron chi connectivity index (χ1n) is 11.5. The largest absolute Gasteiger partial charge is 0.497 e. The smallest absolute Gasteiger partial charge is 0.326 e. The molecule has 0 radical (unpaired) electrons. The maximum Gasteiger partial charge on any atom is 0.326 e. The topological polar surface area (TPSA) is 41.6 Å². The third-order valence-electron chi connectivity index (χ3n) is 5.92. The minimum Gasteiger partial charge on any atom is -0.497 e. The predicted octanol–water partition coefficient (Wildman–Crippen LogP) is 7.84. The number of hydrogen-bond acceptors (Lipinski definition) is 2. The van der Waals surface area contributed by atoms with Gasteiger partial charge in [-0.3, -0.25) is 4.90 Å². The SMILES string of the molecule is CCc1ccc(Cl)c(CC)c1NC(=O)N(Cc1ccc(OC)cc1)c1ccc(C(C)C)cc1. The van der Waals surface area contributed by atoms with Crippen LogP contribution in [0.3, 0.4) is 0 Å². The summed E-state index contributed by atoms with van der Waals surface area (Å²) >= 11 is 6.47. The molecule has 3 aromatic carbocycles. The van der Waals surface area contributed by atoms with Crippen molar-refractivity contribution < 1.29 is 9.53 Å². The van der Waals surface area contributed by atoms with Gasteiger partial charge < -0.3 is 10.1 Å². The molecule has 0 heterocycles. The molecule has 0 aliphatic heterocycles. The summed E-state index contributed by atoms with van der Waals surface area (Å²) in [5.41, 5.74) is 5.94. The first-order valence-corrected chi connectivity index (χ1v) is 11.9. The van der Waals surface area contributed by atoms with E-state index >= 15 is 0 Å². The molecular formula is C28H33ClN2O2. The predicted molar refractivity (Wildman–Crippen MR) is 139 cm³/mol. The molecule has 0 saturated carbocycles. The lowest BCUT2D eigenvalue weighted by Gasteiger charge is -2.26. The van der Waals surface area contributed by atoms with Gasteiger partial charge in [-0.15, -0.1) is 0 Å². The van der Waals surface area contributed by atoms with Crippen LogP contribution >= 0.6 is 11.6 Å². The maximum absolute atomic E-state index is 13.7. The van der Waals surface area contributed by atoms with Crippen LogP contribution in [0, 0.1) is 0 Å². The number of nitrogens with one attached hydrogen (secondary N) is 1. The Bertz CT molecular complexity index is 1080. The van der Waals surface area contributed by atoms with Crippen molar-refractivity contribution in [1.82, 2.24) is 0 Å². The van der Waals surface area contributed by atoms with Gasteiger partial charge in [0.15, 0.2) is 0 Å². The number of carbonyl (C=O) groups is 1. The summed E-state index contributed by atoms with van der Waals surface area (Å²) < 4.78 is 5.28. The highest BCUT2D eigenvalue weighted by Gasteiger charge is 2.20. The molecule has 0 aromatic heterocycles. The fraction of sp³-hybridized carbons (Fsp3) is 0.321. The number of hydrogen-bond donors (Lipinski definition) is 1. The summed E-state index contributed by atoms with van der Waals surface area (Å²) in [6.45, 7) is 8.89. The molecule has 33 heavy (non-hydrogen) atoms. The molecule has 0 atom stereocenters. The normalized spacial score (nSPS) is 10.9. The highest BCUT2D eigenvalue weighted by molar-refractivity contribution is 6.32. The number of carbonyl (C=O) groups excluding carboxylic acids is 1. The molecule has 0 unspecified atom stereocenters. The molecule has 3 aromatic rings. The maximum atomic E-state index is 13.7. The van der Waals surface area contributed by atoms with Gasteiger partial charge in [0.1, 0.15) is 5.75 Å². The van der Waals surface area contributed by atoms with E-state index < -0.39 is 0 Å². The van der Waals surface area contributed by atoms with Crippen LogP contribution in [0.15, 0.2) is 60.7 Å². The Kier molecular flexibility index (Phi) is 8.40. The van der Waals surface area contributed by atoms with Crippen LogP contribution in [0.1, 0.15) is 55.9 Å². The van der Waals surface area contributed by atoms with E-state index in [9.17, 15) is 4.79 Å². The summed E-state index contributed by atoms with van der Waals surface area (Å²) in [6.07, 6.45) is 1.55. The molecular weight excluding hydrogens is 432 g/mol. The second-order valence-electron chi connectivity index (χ2n) is 8.38. The Balaban J connectivity index is 1.98. The molecule has 0 aliphatic rings. The molecule has 5 heteroatoms. The fourth-order valence-corrected chi connectivity index (χ4v) is 4.17. The Labute approximate surface area is 202 Å². The summed E-state index contributed by atoms with van der Waals surface area (Å²) in [4.78, 5) is 15.4. The summed E-state index contributed by atoms with van der Waals surface area (Å²) in [5.74, 6) is 1.21. The van der Waals surface area contributed by atoms with Crippen molar-refractivity contribution in [2.75, 3.05) is 17.3 Å². The number of anilines is 2. The molecule has 174 valence electrons. The second kappa shape index (κ2) is 11.2. The number of nitrogens with zero attached hydrogens (tertiary/aromatic N) is 1. The number of urea groups is 1. The lowest BCUT2D eigenvalue weighted by molar-refractivity contribution is 0.256. The van der Waals surface area contributed by atoms with E-state index in [0.717, 1.165) is 46.7 Å². The number of rotatable bonds is 8. The number of benzene rings is 3. The summed E-state index contributed by atoms with van der Waals surface area (Å²) in [5, 5.41) is 3.85. The van der Waals surface area contributed by atoms with E-state index in [1.54, 1.807) is 12.0 Å². The highest BCUT2D eigenvalue weighted by Crippen LogP contribution is 2.31. The van der Waals surface area contributed by atoms with Crippen LogP contribution in [-0.2, 0) is 19.4 Å². The lowest BCUT2D eigenvalue weighted by atomic mass is 10.0.